The molecule has 5 nitrogen and oxygen atoms in total. The van der Waals surface area contributed by atoms with Crippen LogP contribution in [0.15, 0.2) is 47.0 Å². The largest absolute Gasteiger partial charge is 0.339 e. The van der Waals surface area contributed by atoms with E-state index >= 15 is 0 Å². The Morgan fingerprint density at radius 3 is 2.67 bits per heavy atom. The molecule has 1 saturated heterocycles. The Morgan fingerprint density at radius 2 is 1.92 bits per heavy atom. The standard InChI is InChI=1S/C19H19N3O2/c1-12(2)17-20-18(24-21-17)14-10-22(11-14)19(23)16-9-5-7-13-6-3-4-8-15(13)16/h3-9,12,14H,10-11H2,1-2H3. The van der Waals surface area contributed by atoms with Gasteiger partial charge in [-0.3, -0.25) is 4.79 Å². The highest BCUT2D eigenvalue weighted by Gasteiger charge is 2.36. The maximum Gasteiger partial charge on any atom is 0.254 e. The summed E-state index contributed by atoms with van der Waals surface area (Å²) in [6, 6.07) is 13.8. The average Bonchev–Trinajstić information content (AvgIpc) is 3.02. The Kier molecular flexibility index (Phi) is 3.56. The van der Waals surface area contributed by atoms with E-state index in [-0.39, 0.29) is 17.7 Å². The fourth-order valence-corrected chi connectivity index (χ4v) is 3.03. The number of nitrogens with zero attached hydrogens (tertiary/aromatic N) is 3. The van der Waals surface area contributed by atoms with Crippen molar-refractivity contribution in [2.24, 2.45) is 0 Å². The van der Waals surface area contributed by atoms with Crippen LogP contribution in [0.1, 0.15) is 47.8 Å². The van der Waals surface area contributed by atoms with Crippen molar-refractivity contribution in [2.75, 3.05) is 13.1 Å². The zero-order valence-corrected chi connectivity index (χ0v) is 13.8. The zero-order valence-electron chi connectivity index (χ0n) is 13.8. The Morgan fingerprint density at radius 1 is 1.17 bits per heavy atom. The summed E-state index contributed by atoms with van der Waals surface area (Å²) in [6.45, 7) is 5.32. The van der Waals surface area contributed by atoms with Crippen LogP contribution >= 0.6 is 0 Å². The van der Waals surface area contributed by atoms with E-state index in [1.165, 1.54) is 0 Å². The van der Waals surface area contributed by atoms with Crippen molar-refractivity contribution in [1.29, 1.82) is 0 Å². The molecule has 1 amide bonds. The average molecular weight is 321 g/mol. The molecule has 2 heterocycles. The third-order valence-electron chi connectivity index (χ3n) is 4.51. The lowest BCUT2D eigenvalue weighted by Gasteiger charge is -2.37. The lowest BCUT2D eigenvalue weighted by molar-refractivity contribution is 0.0571. The molecule has 4 rings (SSSR count). The highest BCUT2D eigenvalue weighted by Crippen LogP contribution is 2.29. The van der Waals surface area contributed by atoms with Gasteiger partial charge in [-0.15, -0.1) is 0 Å². The molecule has 122 valence electrons. The Balaban J connectivity index is 1.51. The number of likely N-dealkylation sites (tertiary alicyclic amines) is 1. The van der Waals surface area contributed by atoms with Crippen LogP contribution in [0, 0.1) is 0 Å². The number of amides is 1. The van der Waals surface area contributed by atoms with Gasteiger partial charge in [0, 0.05) is 24.6 Å². The van der Waals surface area contributed by atoms with Crippen LogP contribution in [0.25, 0.3) is 10.8 Å². The number of benzene rings is 2. The van der Waals surface area contributed by atoms with Gasteiger partial charge in [-0.05, 0) is 16.8 Å². The van der Waals surface area contributed by atoms with E-state index in [4.69, 9.17) is 4.52 Å². The van der Waals surface area contributed by atoms with Crippen LogP contribution in [0.4, 0.5) is 0 Å². The second-order valence-corrected chi connectivity index (χ2v) is 6.58. The molecule has 2 aromatic carbocycles. The van der Waals surface area contributed by atoms with Gasteiger partial charge < -0.3 is 9.42 Å². The minimum Gasteiger partial charge on any atom is -0.339 e. The number of carbonyl (C=O) groups is 1. The molecular weight excluding hydrogens is 302 g/mol. The van der Waals surface area contributed by atoms with Crippen LogP contribution < -0.4 is 0 Å². The summed E-state index contributed by atoms with van der Waals surface area (Å²) in [5.74, 6) is 1.82. The van der Waals surface area contributed by atoms with Crippen molar-refractivity contribution in [3.63, 3.8) is 0 Å². The first kappa shape index (κ1) is 14.9. The van der Waals surface area contributed by atoms with E-state index < -0.39 is 0 Å². The van der Waals surface area contributed by atoms with Gasteiger partial charge in [0.25, 0.3) is 5.91 Å². The molecule has 0 N–H and O–H groups in total. The molecular formula is C19H19N3O2. The first-order chi connectivity index (χ1) is 11.6. The van der Waals surface area contributed by atoms with Gasteiger partial charge >= 0.3 is 0 Å². The molecule has 0 unspecified atom stereocenters. The smallest absolute Gasteiger partial charge is 0.254 e. The molecule has 1 fully saturated rings. The van der Waals surface area contributed by atoms with Gasteiger partial charge in [-0.25, -0.2) is 0 Å². The second-order valence-electron chi connectivity index (χ2n) is 6.58. The number of carbonyl (C=O) groups excluding carboxylic acids is 1. The van der Waals surface area contributed by atoms with Crippen molar-refractivity contribution >= 4 is 16.7 Å². The molecule has 3 aromatic rings. The fraction of sp³-hybridized carbons (Fsp3) is 0.316. The molecule has 0 atom stereocenters. The van der Waals surface area contributed by atoms with Gasteiger partial charge in [0.05, 0.1) is 5.92 Å². The first-order valence-electron chi connectivity index (χ1n) is 8.24. The third kappa shape index (κ3) is 2.46. The molecule has 0 aliphatic carbocycles. The SMILES string of the molecule is CC(C)c1noc(C2CN(C(=O)c3cccc4ccccc34)C2)n1. The molecule has 1 aliphatic rings. The maximum atomic E-state index is 12.8. The van der Waals surface area contributed by atoms with E-state index in [1.807, 2.05) is 61.2 Å². The van der Waals surface area contributed by atoms with Crippen molar-refractivity contribution in [3.8, 4) is 0 Å². The summed E-state index contributed by atoms with van der Waals surface area (Å²) in [5, 5.41) is 6.07. The van der Waals surface area contributed by atoms with Crippen LogP contribution in [0.2, 0.25) is 0 Å². The maximum absolute atomic E-state index is 12.8. The molecule has 5 heteroatoms. The summed E-state index contributed by atoms with van der Waals surface area (Å²) in [7, 11) is 0. The number of rotatable bonds is 3. The number of aromatic nitrogens is 2. The fourth-order valence-electron chi connectivity index (χ4n) is 3.03. The molecule has 24 heavy (non-hydrogen) atoms. The van der Waals surface area contributed by atoms with Gasteiger partial charge in [0.1, 0.15) is 0 Å². The van der Waals surface area contributed by atoms with Gasteiger partial charge in [0.2, 0.25) is 5.89 Å². The lowest BCUT2D eigenvalue weighted by atomic mass is 9.97. The molecule has 0 spiro atoms. The van der Waals surface area contributed by atoms with Crippen LogP contribution in [-0.2, 0) is 0 Å². The topological polar surface area (TPSA) is 59.2 Å². The van der Waals surface area contributed by atoms with Crippen molar-refractivity contribution < 1.29 is 9.32 Å². The predicted molar refractivity (Wildman–Crippen MR) is 91.0 cm³/mol. The molecule has 1 aliphatic heterocycles. The summed E-state index contributed by atoms with van der Waals surface area (Å²) in [6.07, 6.45) is 0. The number of hydrogen-bond donors (Lipinski definition) is 0. The quantitative estimate of drug-likeness (QED) is 0.740. The van der Waals surface area contributed by atoms with Crippen molar-refractivity contribution in [3.05, 3.63) is 59.7 Å². The zero-order chi connectivity index (χ0) is 16.7. The predicted octanol–water partition coefficient (Wildman–Crippen LogP) is 3.59. The van der Waals surface area contributed by atoms with Gasteiger partial charge in [0.15, 0.2) is 5.82 Å². The Hall–Kier alpha value is -2.69. The third-order valence-corrected chi connectivity index (χ3v) is 4.51. The Labute approximate surface area is 140 Å². The van der Waals surface area contributed by atoms with Gasteiger partial charge in [-0.2, -0.15) is 4.98 Å². The minimum absolute atomic E-state index is 0.0617. The highest BCUT2D eigenvalue weighted by molar-refractivity contribution is 6.07. The molecule has 0 radical (unpaired) electrons. The highest BCUT2D eigenvalue weighted by atomic mass is 16.5. The van der Waals surface area contributed by atoms with E-state index in [0.717, 1.165) is 22.2 Å². The van der Waals surface area contributed by atoms with E-state index in [1.54, 1.807) is 0 Å². The van der Waals surface area contributed by atoms with Crippen molar-refractivity contribution in [2.45, 2.75) is 25.7 Å². The van der Waals surface area contributed by atoms with Gasteiger partial charge in [-0.1, -0.05) is 55.4 Å². The molecule has 0 bridgehead atoms. The van der Waals surface area contributed by atoms with Crippen LogP contribution in [-0.4, -0.2) is 34.0 Å². The summed E-state index contributed by atoms with van der Waals surface area (Å²) in [4.78, 5) is 19.1. The number of hydrogen-bond acceptors (Lipinski definition) is 4. The monoisotopic (exact) mass is 321 g/mol. The second kappa shape index (κ2) is 5.74. The summed E-state index contributed by atoms with van der Waals surface area (Å²) < 4.78 is 5.33. The summed E-state index contributed by atoms with van der Waals surface area (Å²) in [5.41, 5.74) is 0.750. The lowest BCUT2D eigenvalue weighted by Crippen LogP contribution is -2.48. The minimum atomic E-state index is 0.0617. The van der Waals surface area contributed by atoms with Crippen LogP contribution in [0.3, 0.4) is 0 Å². The summed E-state index contributed by atoms with van der Waals surface area (Å²) >= 11 is 0. The Bertz CT molecular complexity index is 889. The van der Waals surface area contributed by atoms with Crippen LogP contribution in [0.5, 0.6) is 0 Å². The molecule has 1 aromatic heterocycles. The normalized spacial score (nSPS) is 15.0. The molecule has 0 saturated carbocycles. The number of fused-ring (bicyclic) bond motifs is 1. The first-order valence-corrected chi connectivity index (χ1v) is 8.24. The van der Waals surface area contributed by atoms with E-state index in [9.17, 15) is 4.79 Å². The van der Waals surface area contributed by atoms with Crippen molar-refractivity contribution in [1.82, 2.24) is 15.0 Å². The van der Waals surface area contributed by atoms with E-state index in [2.05, 4.69) is 10.1 Å². The van der Waals surface area contributed by atoms with E-state index in [0.29, 0.717) is 19.0 Å².